The summed E-state index contributed by atoms with van der Waals surface area (Å²) in [5, 5.41) is 5.27. The van der Waals surface area contributed by atoms with Crippen molar-refractivity contribution in [1.29, 1.82) is 0 Å². The number of aryl methyl sites for hydroxylation is 2. The van der Waals surface area contributed by atoms with Gasteiger partial charge in [-0.1, -0.05) is 83.4 Å². The molecule has 2 N–H and O–H groups in total. The van der Waals surface area contributed by atoms with E-state index in [1.54, 1.807) is 18.3 Å². The third-order valence-corrected chi connectivity index (χ3v) is 5.89. The number of rotatable bonds is 5. The lowest BCUT2D eigenvalue weighted by atomic mass is 9.99. The molecule has 0 radical (unpaired) electrons. The van der Waals surface area contributed by atoms with E-state index in [1.807, 2.05) is 80.6 Å². The second-order valence-corrected chi connectivity index (χ2v) is 8.76. The minimum absolute atomic E-state index is 0.205. The van der Waals surface area contributed by atoms with Gasteiger partial charge in [0.2, 0.25) is 5.95 Å². The van der Waals surface area contributed by atoms with Gasteiger partial charge in [0.15, 0.2) is 5.65 Å². The maximum Gasteiger partial charge on any atom is 0.262 e. The number of benzene rings is 3. The van der Waals surface area contributed by atoms with Crippen molar-refractivity contribution in [3.8, 4) is 22.4 Å². The van der Waals surface area contributed by atoms with Crippen LogP contribution in [0.15, 0.2) is 88.8 Å². The number of fused-ring (bicyclic) bond motifs is 1. The van der Waals surface area contributed by atoms with Gasteiger partial charge in [-0.3, -0.25) is 9.78 Å². The first-order chi connectivity index (χ1) is 17.0. The van der Waals surface area contributed by atoms with Crippen molar-refractivity contribution >= 4 is 34.8 Å². The summed E-state index contributed by atoms with van der Waals surface area (Å²) in [6.07, 6.45) is 1.62. The van der Waals surface area contributed by atoms with Gasteiger partial charge in [-0.25, -0.2) is 10.4 Å². The number of anilines is 1. The highest BCUT2D eigenvalue weighted by Gasteiger charge is 2.15. The Labute approximate surface area is 207 Å². The van der Waals surface area contributed by atoms with Gasteiger partial charge in [0.25, 0.3) is 5.56 Å². The first-order valence-electron chi connectivity index (χ1n) is 11.1. The van der Waals surface area contributed by atoms with Crippen LogP contribution in [0.1, 0.15) is 16.7 Å². The highest BCUT2D eigenvalue weighted by Crippen LogP contribution is 2.30. The minimum atomic E-state index is -0.294. The molecule has 0 bridgehead atoms. The van der Waals surface area contributed by atoms with Crippen LogP contribution in [0.2, 0.25) is 5.02 Å². The van der Waals surface area contributed by atoms with Crippen molar-refractivity contribution in [2.24, 2.45) is 5.10 Å². The van der Waals surface area contributed by atoms with Gasteiger partial charge in [-0.2, -0.15) is 10.1 Å². The zero-order chi connectivity index (χ0) is 24.4. The molecule has 0 aliphatic carbocycles. The lowest BCUT2D eigenvalue weighted by Crippen LogP contribution is -2.13. The average molecular weight is 480 g/mol. The van der Waals surface area contributed by atoms with E-state index >= 15 is 0 Å². The number of hydrogen-bond donors (Lipinski definition) is 2. The second-order valence-electron chi connectivity index (χ2n) is 8.32. The van der Waals surface area contributed by atoms with Crippen LogP contribution in [0, 0.1) is 13.8 Å². The van der Waals surface area contributed by atoms with Crippen LogP contribution >= 0.6 is 11.6 Å². The molecule has 0 atom stereocenters. The van der Waals surface area contributed by atoms with Crippen molar-refractivity contribution in [2.45, 2.75) is 13.8 Å². The minimum Gasteiger partial charge on any atom is -0.291 e. The second kappa shape index (κ2) is 9.52. The van der Waals surface area contributed by atoms with E-state index in [4.69, 9.17) is 16.6 Å². The first-order valence-corrected chi connectivity index (χ1v) is 11.5. The Morgan fingerprint density at radius 2 is 1.49 bits per heavy atom. The van der Waals surface area contributed by atoms with E-state index in [1.165, 1.54) is 0 Å². The van der Waals surface area contributed by atoms with Crippen LogP contribution in [0.3, 0.4) is 0 Å². The van der Waals surface area contributed by atoms with Crippen molar-refractivity contribution in [3.05, 3.63) is 111 Å². The Bertz CT molecular complexity index is 1590. The molecule has 0 saturated heterocycles. The molecule has 7 heteroatoms. The molecule has 0 spiro atoms. The van der Waals surface area contributed by atoms with Gasteiger partial charge < -0.3 is 0 Å². The van der Waals surface area contributed by atoms with Gasteiger partial charge in [-0.15, -0.1) is 0 Å². The molecule has 0 saturated carbocycles. The van der Waals surface area contributed by atoms with Crippen molar-refractivity contribution < 1.29 is 0 Å². The fraction of sp³-hybridized carbons (Fsp3) is 0.0714. The van der Waals surface area contributed by atoms with Crippen LogP contribution in [-0.4, -0.2) is 21.2 Å². The summed E-state index contributed by atoms with van der Waals surface area (Å²) < 4.78 is 0. The predicted molar refractivity (Wildman–Crippen MR) is 143 cm³/mol. The van der Waals surface area contributed by atoms with Gasteiger partial charge in [-0.05, 0) is 43.2 Å². The molecule has 0 aliphatic heterocycles. The topological polar surface area (TPSA) is 83.0 Å². The third kappa shape index (κ3) is 4.98. The summed E-state index contributed by atoms with van der Waals surface area (Å²) >= 11 is 5.93. The fourth-order valence-corrected chi connectivity index (χ4v) is 3.87. The van der Waals surface area contributed by atoms with Gasteiger partial charge in [0.1, 0.15) is 0 Å². The molecule has 0 fully saturated rings. The van der Waals surface area contributed by atoms with Gasteiger partial charge in [0.05, 0.1) is 17.3 Å². The lowest BCUT2D eigenvalue weighted by Gasteiger charge is -2.11. The number of nitrogens with one attached hydrogen (secondary N) is 2. The zero-order valence-electron chi connectivity index (χ0n) is 19.2. The average Bonchev–Trinajstić information content (AvgIpc) is 2.85. The largest absolute Gasteiger partial charge is 0.291 e. The molecular weight excluding hydrogens is 458 g/mol. The van der Waals surface area contributed by atoms with Gasteiger partial charge in [0, 0.05) is 16.1 Å². The Balaban J connectivity index is 1.61. The number of halogens is 1. The number of pyridine rings is 1. The molecule has 3 aromatic carbocycles. The molecule has 0 amide bonds. The quantitative estimate of drug-likeness (QED) is 0.226. The van der Waals surface area contributed by atoms with E-state index < -0.39 is 0 Å². The summed E-state index contributed by atoms with van der Waals surface area (Å²) in [6, 6.07) is 25.4. The zero-order valence-corrected chi connectivity index (χ0v) is 20.0. The van der Waals surface area contributed by atoms with Crippen LogP contribution in [0.25, 0.3) is 33.4 Å². The van der Waals surface area contributed by atoms with E-state index in [0.29, 0.717) is 16.1 Å². The Hall–Kier alpha value is -4.29. The summed E-state index contributed by atoms with van der Waals surface area (Å²) in [5.41, 5.74) is 9.38. The number of hydrazone groups is 1. The number of aromatic amines is 1. The first kappa shape index (κ1) is 22.5. The third-order valence-electron chi connectivity index (χ3n) is 5.64. The maximum absolute atomic E-state index is 13.2. The SMILES string of the molecule is Cc1ccc(-c2cc(-c3ccc(C)cc3)c3c(=O)[nH]c(N/N=C/c4ccc(Cl)cc4)nc3n2)cc1. The van der Waals surface area contributed by atoms with Crippen molar-refractivity contribution in [2.75, 3.05) is 5.43 Å². The molecule has 2 aromatic heterocycles. The summed E-state index contributed by atoms with van der Waals surface area (Å²) in [5.74, 6) is 0.205. The highest BCUT2D eigenvalue weighted by molar-refractivity contribution is 6.30. The number of H-pyrrole nitrogens is 1. The number of hydrogen-bond acceptors (Lipinski definition) is 5. The summed E-state index contributed by atoms with van der Waals surface area (Å²) in [6.45, 7) is 4.07. The Kier molecular flexibility index (Phi) is 6.12. The number of aromatic nitrogens is 3. The van der Waals surface area contributed by atoms with Crippen molar-refractivity contribution in [1.82, 2.24) is 15.0 Å². The normalized spacial score (nSPS) is 11.3. The van der Waals surface area contributed by atoms with Gasteiger partial charge >= 0.3 is 0 Å². The van der Waals surface area contributed by atoms with E-state index in [-0.39, 0.29) is 11.5 Å². The molecule has 0 aliphatic rings. The lowest BCUT2D eigenvalue weighted by molar-refractivity contribution is 1.10. The van der Waals surface area contributed by atoms with E-state index in [9.17, 15) is 4.79 Å². The molecule has 5 rings (SSSR count). The van der Waals surface area contributed by atoms with Crippen LogP contribution in [0.4, 0.5) is 5.95 Å². The summed E-state index contributed by atoms with van der Waals surface area (Å²) in [7, 11) is 0. The molecule has 0 unspecified atom stereocenters. The fourth-order valence-electron chi connectivity index (χ4n) is 3.74. The number of nitrogens with zero attached hydrogens (tertiary/aromatic N) is 3. The molecule has 35 heavy (non-hydrogen) atoms. The molecule has 5 aromatic rings. The maximum atomic E-state index is 13.2. The van der Waals surface area contributed by atoms with Crippen LogP contribution in [0.5, 0.6) is 0 Å². The van der Waals surface area contributed by atoms with Crippen LogP contribution in [-0.2, 0) is 0 Å². The van der Waals surface area contributed by atoms with E-state index in [2.05, 4.69) is 20.5 Å². The molecular formula is C28H22ClN5O. The Morgan fingerprint density at radius 3 is 2.14 bits per heavy atom. The monoisotopic (exact) mass is 479 g/mol. The standard InChI is InChI=1S/C28H22ClN5O/c1-17-3-9-20(10-4-17)23-15-24(21-11-5-18(2)6-12-21)31-26-25(23)27(35)33-28(32-26)34-30-16-19-7-13-22(29)14-8-19/h3-16H,1-2H3,(H2,31,32,33,34,35)/b30-16+. The molecule has 2 heterocycles. The van der Waals surface area contributed by atoms with Crippen molar-refractivity contribution in [3.63, 3.8) is 0 Å². The van der Waals surface area contributed by atoms with E-state index in [0.717, 1.165) is 39.1 Å². The smallest absolute Gasteiger partial charge is 0.262 e. The Morgan fingerprint density at radius 1 is 0.857 bits per heavy atom. The van der Waals surface area contributed by atoms with Crippen LogP contribution < -0.4 is 11.0 Å². The predicted octanol–water partition coefficient (Wildman–Crippen LogP) is 6.37. The molecule has 172 valence electrons. The molecule has 6 nitrogen and oxygen atoms in total. The summed E-state index contributed by atoms with van der Waals surface area (Å²) in [4.78, 5) is 25.3. The highest BCUT2D eigenvalue weighted by atomic mass is 35.5.